The Hall–Kier alpha value is -1.52. The molecule has 0 saturated heterocycles. The fourth-order valence-corrected chi connectivity index (χ4v) is 2.56. The summed E-state index contributed by atoms with van der Waals surface area (Å²) in [7, 11) is 0. The molecule has 0 radical (unpaired) electrons. The normalized spacial score (nSPS) is 24.6. The summed E-state index contributed by atoms with van der Waals surface area (Å²) in [6, 6.07) is 0.278. The predicted octanol–water partition coefficient (Wildman–Crippen LogP) is 1.61. The Bertz CT molecular complexity index is 393. The molecule has 1 fully saturated rings. The molecule has 5 nitrogen and oxygen atoms in total. The zero-order valence-electron chi connectivity index (χ0n) is 10.4. The van der Waals surface area contributed by atoms with Crippen LogP contribution < -0.4 is 11.1 Å². The number of amides is 1. The minimum Gasteiger partial charge on any atom is -0.382 e. The summed E-state index contributed by atoms with van der Waals surface area (Å²) in [6.45, 7) is 4.04. The van der Waals surface area contributed by atoms with E-state index in [0.29, 0.717) is 11.5 Å². The van der Waals surface area contributed by atoms with Crippen LogP contribution in [0.3, 0.4) is 0 Å². The van der Waals surface area contributed by atoms with E-state index >= 15 is 0 Å². The number of aryl methyl sites for hydroxylation is 1. The van der Waals surface area contributed by atoms with Gasteiger partial charge in [-0.3, -0.25) is 9.89 Å². The Labute approximate surface area is 101 Å². The van der Waals surface area contributed by atoms with Crippen molar-refractivity contribution in [1.82, 2.24) is 15.5 Å². The highest BCUT2D eigenvalue weighted by Crippen LogP contribution is 2.24. The molecule has 0 spiro atoms. The first kappa shape index (κ1) is 12.0. The first-order chi connectivity index (χ1) is 8.08. The van der Waals surface area contributed by atoms with Gasteiger partial charge >= 0.3 is 0 Å². The summed E-state index contributed by atoms with van der Waals surface area (Å²) in [6.07, 6.45) is 4.57. The Morgan fingerprint density at radius 2 is 2.29 bits per heavy atom. The predicted molar refractivity (Wildman–Crippen MR) is 66.6 cm³/mol. The number of rotatable bonds is 2. The Balaban J connectivity index is 2.02. The molecule has 1 amide bonds. The molecule has 2 atom stereocenters. The second kappa shape index (κ2) is 4.77. The molecule has 1 saturated carbocycles. The van der Waals surface area contributed by atoms with Crippen molar-refractivity contribution >= 4 is 11.7 Å². The molecular formula is C12H20N4O. The largest absolute Gasteiger partial charge is 0.382 e. The standard InChI is InChI=1S/C12H20N4O/c1-7-4-3-5-9(6-7)14-12(17)10-8(2)15-16-11(10)13/h7,9H,3-6H2,1-2H3,(H,14,17)(H3,13,15,16). The van der Waals surface area contributed by atoms with Gasteiger partial charge in [0.1, 0.15) is 5.56 Å². The third kappa shape index (κ3) is 2.60. The fourth-order valence-electron chi connectivity index (χ4n) is 2.56. The second-order valence-electron chi connectivity index (χ2n) is 5.05. The van der Waals surface area contributed by atoms with Crippen molar-refractivity contribution < 1.29 is 4.79 Å². The number of carbonyl (C=O) groups excluding carboxylic acids is 1. The Morgan fingerprint density at radius 1 is 1.53 bits per heavy atom. The lowest BCUT2D eigenvalue weighted by molar-refractivity contribution is 0.0922. The maximum absolute atomic E-state index is 12.1. The van der Waals surface area contributed by atoms with Crippen LogP contribution in [0.5, 0.6) is 0 Å². The van der Waals surface area contributed by atoms with Crippen LogP contribution in [-0.2, 0) is 0 Å². The topological polar surface area (TPSA) is 83.8 Å². The molecule has 2 unspecified atom stereocenters. The molecule has 0 aliphatic heterocycles. The van der Waals surface area contributed by atoms with Gasteiger partial charge in [0, 0.05) is 11.7 Å². The van der Waals surface area contributed by atoms with E-state index in [1.165, 1.54) is 12.8 Å². The number of nitrogens with two attached hydrogens (primary N) is 1. The summed E-state index contributed by atoms with van der Waals surface area (Å²) in [5.74, 6) is 0.869. The van der Waals surface area contributed by atoms with Gasteiger partial charge in [-0.05, 0) is 25.7 Å². The monoisotopic (exact) mass is 236 g/mol. The first-order valence-electron chi connectivity index (χ1n) is 6.19. The average Bonchev–Trinajstić information content (AvgIpc) is 2.58. The molecular weight excluding hydrogens is 216 g/mol. The minimum absolute atomic E-state index is 0.104. The summed E-state index contributed by atoms with van der Waals surface area (Å²) in [4.78, 5) is 12.1. The van der Waals surface area contributed by atoms with Crippen LogP contribution in [0, 0.1) is 12.8 Å². The molecule has 2 rings (SSSR count). The number of nitrogen functional groups attached to an aromatic ring is 1. The van der Waals surface area contributed by atoms with Gasteiger partial charge in [0.15, 0.2) is 5.82 Å². The molecule has 1 heterocycles. The zero-order valence-corrected chi connectivity index (χ0v) is 10.4. The number of anilines is 1. The van der Waals surface area contributed by atoms with Crippen LogP contribution in [0.2, 0.25) is 0 Å². The third-order valence-corrected chi connectivity index (χ3v) is 3.47. The quantitative estimate of drug-likeness (QED) is 0.729. The van der Waals surface area contributed by atoms with E-state index < -0.39 is 0 Å². The molecule has 1 aliphatic carbocycles. The number of H-pyrrole nitrogens is 1. The molecule has 94 valence electrons. The number of hydrogen-bond donors (Lipinski definition) is 3. The van der Waals surface area contributed by atoms with Gasteiger partial charge in [0.2, 0.25) is 0 Å². The van der Waals surface area contributed by atoms with E-state index in [1.54, 1.807) is 0 Å². The van der Waals surface area contributed by atoms with Gasteiger partial charge < -0.3 is 11.1 Å². The molecule has 4 N–H and O–H groups in total. The van der Waals surface area contributed by atoms with Crippen molar-refractivity contribution in [2.24, 2.45) is 5.92 Å². The number of nitrogens with zero attached hydrogens (tertiary/aromatic N) is 1. The number of hydrogen-bond acceptors (Lipinski definition) is 3. The van der Waals surface area contributed by atoms with Crippen molar-refractivity contribution in [1.29, 1.82) is 0 Å². The Morgan fingerprint density at radius 3 is 2.88 bits per heavy atom. The lowest BCUT2D eigenvalue weighted by Crippen LogP contribution is -2.38. The summed E-state index contributed by atoms with van der Waals surface area (Å²) in [5.41, 5.74) is 6.89. The molecule has 0 bridgehead atoms. The summed E-state index contributed by atoms with van der Waals surface area (Å²) >= 11 is 0. The number of aromatic amines is 1. The van der Waals surface area contributed by atoms with Crippen LogP contribution in [0.1, 0.15) is 48.7 Å². The SMILES string of the molecule is Cc1[nH]nc(N)c1C(=O)NC1CCCC(C)C1. The maximum atomic E-state index is 12.1. The third-order valence-electron chi connectivity index (χ3n) is 3.47. The van der Waals surface area contributed by atoms with E-state index in [9.17, 15) is 4.79 Å². The van der Waals surface area contributed by atoms with Crippen LogP contribution in [-0.4, -0.2) is 22.1 Å². The molecule has 1 aromatic heterocycles. The molecule has 1 aliphatic rings. The number of nitrogens with one attached hydrogen (secondary N) is 2. The van der Waals surface area contributed by atoms with Crippen LogP contribution in [0.15, 0.2) is 0 Å². The van der Waals surface area contributed by atoms with Gasteiger partial charge in [-0.15, -0.1) is 0 Å². The van der Waals surface area contributed by atoms with Crippen molar-refractivity contribution in [3.05, 3.63) is 11.3 Å². The van der Waals surface area contributed by atoms with Crippen molar-refractivity contribution in [3.63, 3.8) is 0 Å². The number of aromatic nitrogens is 2. The zero-order chi connectivity index (χ0) is 12.4. The highest BCUT2D eigenvalue weighted by atomic mass is 16.1. The van der Waals surface area contributed by atoms with Crippen molar-refractivity contribution in [2.45, 2.75) is 45.6 Å². The lowest BCUT2D eigenvalue weighted by Gasteiger charge is -2.27. The number of carbonyl (C=O) groups is 1. The van der Waals surface area contributed by atoms with Crippen LogP contribution in [0.4, 0.5) is 5.82 Å². The summed E-state index contributed by atoms with van der Waals surface area (Å²) in [5, 5.41) is 9.62. The maximum Gasteiger partial charge on any atom is 0.257 e. The van der Waals surface area contributed by atoms with Crippen molar-refractivity contribution in [3.8, 4) is 0 Å². The van der Waals surface area contributed by atoms with E-state index in [0.717, 1.165) is 18.5 Å². The summed E-state index contributed by atoms with van der Waals surface area (Å²) < 4.78 is 0. The van der Waals surface area contributed by atoms with Crippen LogP contribution >= 0.6 is 0 Å². The molecule has 0 aromatic carbocycles. The Kier molecular flexibility index (Phi) is 3.36. The molecule has 17 heavy (non-hydrogen) atoms. The van der Waals surface area contributed by atoms with Gasteiger partial charge in [-0.25, -0.2) is 0 Å². The average molecular weight is 236 g/mol. The first-order valence-corrected chi connectivity index (χ1v) is 6.19. The van der Waals surface area contributed by atoms with Gasteiger partial charge in [0.05, 0.1) is 0 Å². The van der Waals surface area contributed by atoms with Crippen molar-refractivity contribution in [2.75, 3.05) is 5.73 Å². The molecule has 5 heteroatoms. The highest BCUT2D eigenvalue weighted by molar-refractivity contribution is 5.99. The van der Waals surface area contributed by atoms with Gasteiger partial charge in [0.25, 0.3) is 5.91 Å². The smallest absolute Gasteiger partial charge is 0.257 e. The highest BCUT2D eigenvalue weighted by Gasteiger charge is 2.23. The van der Waals surface area contributed by atoms with E-state index in [4.69, 9.17) is 5.73 Å². The second-order valence-corrected chi connectivity index (χ2v) is 5.05. The van der Waals surface area contributed by atoms with Gasteiger partial charge in [-0.1, -0.05) is 19.8 Å². The van der Waals surface area contributed by atoms with Crippen LogP contribution in [0.25, 0.3) is 0 Å². The lowest BCUT2D eigenvalue weighted by atomic mass is 9.87. The fraction of sp³-hybridized carbons (Fsp3) is 0.667. The van der Waals surface area contributed by atoms with E-state index in [-0.39, 0.29) is 17.8 Å². The minimum atomic E-state index is -0.104. The van der Waals surface area contributed by atoms with E-state index in [2.05, 4.69) is 22.4 Å². The molecule has 1 aromatic rings. The van der Waals surface area contributed by atoms with Gasteiger partial charge in [-0.2, -0.15) is 5.10 Å². The van der Waals surface area contributed by atoms with E-state index in [1.807, 2.05) is 6.92 Å².